The van der Waals surface area contributed by atoms with Crippen LogP contribution in [0.25, 0.3) is 0 Å². The van der Waals surface area contributed by atoms with Crippen molar-refractivity contribution in [3.63, 3.8) is 0 Å². The first kappa shape index (κ1) is 16.3. The first-order valence-corrected chi connectivity index (χ1v) is 12.0. The second kappa shape index (κ2) is 6.30. The van der Waals surface area contributed by atoms with Crippen LogP contribution in [0.15, 0.2) is 36.5 Å². The van der Waals surface area contributed by atoms with E-state index in [-0.39, 0.29) is 11.8 Å². The zero-order valence-electron chi connectivity index (χ0n) is 14.7. The van der Waals surface area contributed by atoms with Crippen molar-refractivity contribution in [1.82, 2.24) is 4.98 Å². The molecule has 0 aliphatic heterocycles. The number of aromatic nitrogens is 1. The van der Waals surface area contributed by atoms with Gasteiger partial charge in [0.15, 0.2) is 0 Å². The molecule has 2 aliphatic carbocycles. The fourth-order valence-electron chi connectivity index (χ4n) is 4.10. The predicted molar refractivity (Wildman–Crippen MR) is 102 cm³/mol. The van der Waals surface area contributed by atoms with Crippen molar-refractivity contribution in [3.05, 3.63) is 53.2 Å². The van der Waals surface area contributed by atoms with Gasteiger partial charge in [-0.2, -0.15) is 0 Å². The van der Waals surface area contributed by atoms with Crippen LogP contribution in [-0.2, 0) is 11.2 Å². The highest BCUT2D eigenvalue weighted by Crippen LogP contribution is 2.47. The normalized spacial score (nSPS) is 24.2. The van der Waals surface area contributed by atoms with Crippen molar-refractivity contribution >= 4 is 25.8 Å². The third-order valence-electron chi connectivity index (χ3n) is 5.57. The van der Waals surface area contributed by atoms with Gasteiger partial charge in [-0.3, -0.25) is 4.79 Å². The number of anilines is 1. The molecule has 2 N–H and O–H groups in total. The van der Waals surface area contributed by atoms with Gasteiger partial charge in [-0.25, -0.2) is 4.98 Å². The molecule has 0 bridgehead atoms. The fraction of sp³-hybridized carbons (Fsp3) is 0.400. The second-order valence-corrected chi connectivity index (χ2v) is 10.5. The lowest BCUT2D eigenvalue weighted by Gasteiger charge is -2.16. The Morgan fingerprint density at radius 2 is 2.12 bits per heavy atom. The van der Waals surface area contributed by atoms with Gasteiger partial charge in [-0.05, 0) is 47.9 Å². The molecule has 1 saturated carbocycles. The van der Waals surface area contributed by atoms with Gasteiger partial charge >= 0.3 is 5.97 Å². The van der Waals surface area contributed by atoms with Crippen molar-refractivity contribution in [2.75, 3.05) is 5.32 Å². The van der Waals surface area contributed by atoms with Crippen molar-refractivity contribution < 1.29 is 9.90 Å². The maximum Gasteiger partial charge on any atom is 0.307 e. The van der Waals surface area contributed by atoms with E-state index in [1.807, 2.05) is 18.3 Å². The molecule has 0 radical (unpaired) electrons. The molecule has 5 heteroatoms. The zero-order chi connectivity index (χ0) is 17.6. The highest BCUT2D eigenvalue weighted by molar-refractivity contribution is 6.71. The number of carboxylic acids is 1. The molecule has 0 amide bonds. The van der Waals surface area contributed by atoms with Crippen LogP contribution in [0.2, 0.25) is 13.1 Å². The van der Waals surface area contributed by atoms with Gasteiger partial charge in [0.1, 0.15) is 5.82 Å². The van der Waals surface area contributed by atoms with Gasteiger partial charge in [0.05, 0.1) is 20.8 Å². The molecule has 130 valence electrons. The van der Waals surface area contributed by atoms with E-state index in [9.17, 15) is 4.79 Å². The Morgan fingerprint density at radius 3 is 2.76 bits per heavy atom. The van der Waals surface area contributed by atoms with Crippen LogP contribution in [0.3, 0.4) is 0 Å². The lowest BCUT2D eigenvalue weighted by atomic mass is 10.1. The summed E-state index contributed by atoms with van der Waals surface area (Å²) in [5.41, 5.74) is 4.02. The van der Waals surface area contributed by atoms with Crippen molar-refractivity contribution in [1.29, 1.82) is 0 Å². The van der Waals surface area contributed by atoms with Gasteiger partial charge in [0.25, 0.3) is 0 Å². The summed E-state index contributed by atoms with van der Waals surface area (Å²) in [4.78, 5) is 15.5. The minimum atomic E-state index is -0.803. The van der Waals surface area contributed by atoms with Crippen LogP contribution in [0.1, 0.15) is 41.5 Å². The molecule has 2 aliphatic rings. The Labute approximate surface area is 149 Å². The van der Waals surface area contributed by atoms with E-state index in [4.69, 9.17) is 5.11 Å². The quantitative estimate of drug-likeness (QED) is 0.812. The molecule has 0 saturated heterocycles. The number of carboxylic acid groups (broad SMARTS) is 1. The topological polar surface area (TPSA) is 62.2 Å². The number of fused-ring (bicyclic) bond motifs is 1. The summed E-state index contributed by atoms with van der Waals surface area (Å²) >= 11 is 0. The van der Waals surface area contributed by atoms with Gasteiger partial charge in [0, 0.05) is 6.20 Å². The molecule has 1 fully saturated rings. The SMILES string of the molecule is C[SiH](C)c1cccc2c1CC[C@H]2Nc1ccc([C@H]2C[C@@H]2C(=O)O)cn1. The lowest BCUT2D eigenvalue weighted by molar-refractivity contribution is -0.138. The van der Waals surface area contributed by atoms with Gasteiger partial charge in [-0.15, -0.1) is 0 Å². The molecule has 1 heterocycles. The predicted octanol–water partition coefficient (Wildman–Crippen LogP) is 3.06. The summed E-state index contributed by atoms with van der Waals surface area (Å²) in [6.45, 7) is 4.78. The van der Waals surface area contributed by atoms with E-state index in [0.717, 1.165) is 30.6 Å². The second-order valence-electron chi connectivity index (χ2n) is 7.57. The zero-order valence-corrected chi connectivity index (χ0v) is 15.9. The summed E-state index contributed by atoms with van der Waals surface area (Å²) in [6, 6.07) is 11.1. The van der Waals surface area contributed by atoms with Gasteiger partial charge in [0.2, 0.25) is 0 Å². The molecule has 3 atom stereocenters. The number of aliphatic carboxylic acids is 1. The highest BCUT2D eigenvalue weighted by Gasteiger charge is 2.44. The number of nitrogens with one attached hydrogen (secondary N) is 1. The fourth-order valence-corrected chi connectivity index (χ4v) is 5.60. The van der Waals surface area contributed by atoms with E-state index in [1.54, 1.807) is 10.8 Å². The maximum absolute atomic E-state index is 11.0. The lowest BCUT2D eigenvalue weighted by Crippen LogP contribution is -2.26. The number of nitrogens with zero attached hydrogens (tertiary/aromatic N) is 1. The Kier molecular flexibility index (Phi) is 4.11. The molecule has 25 heavy (non-hydrogen) atoms. The molecule has 2 aromatic rings. The van der Waals surface area contributed by atoms with Crippen LogP contribution in [0.4, 0.5) is 5.82 Å². The van der Waals surface area contributed by atoms with Crippen LogP contribution < -0.4 is 10.5 Å². The van der Waals surface area contributed by atoms with Crippen molar-refractivity contribution in [3.8, 4) is 0 Å². The first-order chi connectivity index (χ1) is 12.0. The van der Waals surface area contributed by atoms with E-state index in [0.29, 0.717) is 6.04 Å². The highest BCUT2D eigenvalue weighted by atomic mass is 28.3. The minimum absolute atomic E-state index is 0.143. The standard InChI is InChI=1S/C20H24N2O2Si/c1-25(2)18-5-3-4-13-14(18)7-8-17(13)22-19-9-6-12(11-21-19)15-10-16(15)20(23)24/h3-6,9,11,15-17,25H,7-8,10H2,1-2H3,(H,21,22)(H,23,24)/t15-,16+,17-/m1/s1. The van der Waals surface area contributed by atoms with E-state index in [1.165, 1.54) is 5.56 Å². The number of carbonyl (C=O) groups is 1. The Hall–Kier alpha value is -2.14. The first-order valence-electron chi connectivity index (χ1n) is 9.11. The number of hydrogen-bond donors (Lipinski definition) is 2. The van der Waals surface area contributed by atoms with Crippen LogP contribution in [0, 0.1) is 5.92 Å². The number of pyridine rings is 1. The molecular formula is C20H24N2O2Si. The average molecular weight is 353 g/mol. The average Bonchev–Trinajstić information content (AvgIpc) is 3.31. The summed E-state index contributed by atoms with van der Waals surface area (Å²) in [5, 5.41) is 14.2. The molecule has 0 unspecified atom stereocenters. The van der Waals surface area contributed by atoms with Crippen molar-refractivity contribution in [2.24, 2.45) is 5.92 Å². The van der Waals surface area contributed by atoms with E-state index in [2.05, 4.69) is 41.6 Å². The molecule has 1 aromatic carbocycles. The van der Waals surface area contributed by atoms with E-state index >= 15 is 0 Å². The van der Waals surface area contributed by atoms with Crippen LogP contribution >= 0.6 is 0 Å². The minimum Gasteiger partial charge on any atom is -0.481 e. The van der Waals surface area contributed by atoms with Gasteiger partial charge in [-0.1, -0.05) is 42.5 Å². The van der Waals surface area contributed by atoms with Crippen LogP contribution in [0.5, 0.6) is 0 Å². The maximum atomic E-state index is 11.0. The Balaban J connectivity index is 1.48. The Bertz CT molecular complexity index is 804. The summed E-state index contributed by atoms with van der Waals surface area (Å²) in [6.07, 6.45) is 4.83. The number of rotatable bonds is 5. The van der Waals surface area contributed by atoms with E-state index < -0.39 is 14.8 Å². The molecular weight excluding hydrogens is 328 g/mol. The monoisotopic (exact) mass is 352 g/mol. The summed E-state index contributed by atoms with van der Waals surface area (Å²) in [5.74, 6) is 0.103. The van der Waals surface area contributed by atoms with Gasteiger partial charge < -0.3 is 10.4 Å². The molecule has 4 nitrogen and oxygen atoms in total. The van der Waals surface area contributed by atoms with Crippen LogP contribution in [-0.4, -0.2) is 24.9 Å². The number of hydrogen-bond acceptors (Lipinski definition) is 3. The third-order valence-corrected chi connectivity index (χ3v) is 7.36. The smallest absolute Gasteiger partial charge is 0.307 e. The molecule has 1 aromatic heterocycles. The summed E-state index contributed by atoms with van der Waals surface area (Å²) in [7, 11) is -0.803. The number of benzene rings is 1. The molecule has 4 rings (SSSR count). The Morgan fingerprint density at radius 1 is 1.28 bits per heavy atom. The summed E-state index contributed by atoms with van der Waals surface area (Å²) < 4.78 is 0. The largest absolute Gasteiger partial charge is 0.481 e. The van der Waals surface area contributed by atoms with Crippen molar-refractivity contribution in [2.45, 2.75) is 44.3 Å². The molecule has 0 spiro atoms. The third kappa shape index (κ3) is 3.08.